The third kappa shape index (κ3) is 4.10. The molecule has 2 aromatic carbocycles. The second-order valence-electron chi connectivity index (χ2n) is 8.84. The van der Waals surface area contributed by atoms with Crippen molar-refractivity contribution < 1.29 is 13.8 Å². The first kappa shape index (κ1) is 23.4. The smallest absolute Gasteiger partial charge is 0.308 e. The largest absolute Gasteiger partial charge is 0.326 e. The predicted octanol–water partition coefficient (Wildman–Crippen LogP) is 4.00. The quantitative estimate of drug-likeness (QED) is 0.339. The highest BCUT2D eigenvalue weighted by Crippen LogP contribution is 2.27. The highest BCUT2D eigenvalue weighted by atomic mass is 35.5. The van der Waals surface area contributed by atoms with Gasteiger partial charge in [0.05, 0.1) is 29.2 Å². The molecule has 0 bridgehead atoms. The molecule has 5 aromatic rings. The van der Waals surface area contributed by atoms with Crippen molar-refractivity contribution in [2.45, 2.75) is 19.5 Å². The Morgan fingerprint density at radius 3 is 2.76 bits per heavy atom. The number of benzene rings is 2. The maximum absolute atomic E-state index is 14.8. The van der Waals surface area contributed by atoms with Gasteiger partial charge in [0.25, 0.3) is 17.3 Å². The summed E-state index contributed by atoms with van der Waals surface area (Å²) in [6.07, 6.45) is 1.83. The van der Waals surface area contributed by atoms with Gasteiger partial charge >= 0.3 is 5.82 Å². The monoisotopic (exact) mass is 537 g/mol. The molecule has 0 atom stereocenters. The predicted molar refractivity (Wildman–Crippen MR) is 136 cm³/mol. The van der Waals surface area contributed by atoms with Gasteiger partial charge in [-0.2, -0.15) is 0 Å². The van der Waals surface area contributed by atoms with Crippen LogP contribution >= 0.6 is 23.2 Å². The molecule has 1 aliphatic rings. The van der Waals surface area contributed by atoms with E-state index in [0.29, 0.717) is 36.3 Å². The van der Waals surface area contributed by atoms with Crippen molar-refractivity contribution in [2.24, 2.45) is 0 Å². The van der Waals surface area contributed by atoms with E-state index < -0.39 is 11.7 Å². The summed E-state index contributed by atoms with van der Waals surface area (Å²) in [5, 5.41) is 7.92. The molecule has 0 saturated heterocycles. The fourth-order valence-electron chi connectivity index (χ4n) is 4.74. The summed E-state index contributed by atoms with van der Waals surface area (Å²) in [4.78, 5) is 29.8. The van der Waals surface area contributed by atoms with Crippen molar-refractivity contribution in [3.05, 3.63) is 110 Å². The zero-order valence-electron chi connectivity index (χ0n) is 19.3. The lowest BCUT2D eigenvalue weighted by Gasteiger charge is -2.25. The number of fused-ring (bicyclic) bond motifs is 2. The van der Waals surface area contributed by atoms with E-state index in [2.05, 4.69) is 15.2 Å². The van der Waals surface area contributed by atoms with Crippen LogP contribution in [0.1, 0.15) is 27.4 Å². The van der Waals surface area contributed by atoms with Gasteiger partial charge < -0.3 is 9.88 Å². The molecule has 1 amide bonds. The van der Waals surface area contributed by atoms with Crippen LogP contribution < -0.4 is 10.1 Å². The fraction of sp³-hybridized carbons (Fsp3) is 0.154. The van der Waals surface area contributed by atoms with Crippen LogP contribution in [-0.4, -0.2) is 36.9 Å². The first-order valence-electron chi connectivity index (χ1n) is 11.6. The molecule has 186 valence electrons. The third-order valence-corrected chi connectivity index (χ3v) is 7.32. The Morgan fingerprint density at radius 2 is 1.95 bits per heavy atom. The van der Waals surface area contributed by atoms with E-state index in [1.54, 1.807) is 21.4 Å². The Labute approximate surface area is 219 Å². The van der Waals surface area contributed by atoms with Gasteiger partial charge in [0.2, 0.25) is 0 Å². The molecule has 0 fully saturated rings. The zero-order chi connectivity index (χ0) is 25.7. The maximum atomic E-state index is 14.8. The molecule has 0 unspecified atom stereocenters. The highest BCUT2D eigenvalue weighted by Gasteiger charge is 2.31. The van der Waals surface area contributed by atoms with Gasteiger partial charge in [-0.25, -0.2) is 8.96 Å². The molecule has 0 radical (unpaired) electrons. The first-order chi connectivity index (χ1) is 17.9. The molecule has 2 N–H and O–H groups in total. The maximum Gasteiger partial charge on any atom is 0.308 e. The molecule has 11 heteroatoms. The molecular formula is C26H20Cl2FN6O2+. The van der Waals surface area contributed by atoms with Crippen LogP contribution in [0, 0.1) is 5.82 Å². The average Bonchev–Trinajstić information content (AvgIpc) is 3.48. The third-order valence-electron chi connectivity index (χ3n) is 6.56. The van der Waals surface area contributed by atoms with Crippen molar-refractivity contribution in [1.82, 2.24) is 24.5 Å². The van der Waals surface area contributed by atoms with Crippen LogP contribution in [0.15, 0.2) is 65.6 Å². The molecule has 8 nitrogen and oxygen atoms in total. The summed E-state index contributed by atoms with van der Waals surface area (Å²) in [5.74, 6) is 0.558. The number of nitrogens with zero attached hydrogens (tertiary/aromatic N) is 4. The Balaban J connectivity index is 1.27. The highest BCUT2D eigenvalue weighted by molar-refractivity contribution is 6.42. The average molecular weight is 538 g/mol. The van der Waals surface area contributed by atoms with Gasteiger partial charge in [0.1, 0.15) is 23.0 Å². The van der Waals surface area contributed by atoms with Crippen molar-refractivity contribution in [2.75, 3.05) is 6.54 Å². The van der Waals surface area contributed by atoms with E-state index in [-0.39, 0.29) is 27.8 Å². The molecule has 3 aromatic heterocycles. The Morgan fingerprint density at radius 1 is 1.14 bits per heavy atom. The van der Waals surface area contributed by atoms with Crippen LogP contribution in [-0.2, 0) is 19.5 Å². The van der Waals surface area contributed by atoms with E-state index in [9.17, 15) is 14.0 Å². The van der Waals surface area contributed by atoms with Crippen LogP contribution in [0.25, 0.3) is 16.9 Å². The van der Waals surface area contributed by atoms with Gasteiger partial charge in [0.15, 0.2) is 0 Å². The lowest BCUT2D eigenvalue weighted by atomic mass is 10.0. The number of aromatic amines is 2. The Hall–Kier alpha value is -3.95. The molecule has 0 saturated carbocycles. The van der Waals surface area contributed by atoms with Crippen LogP contribution in [0.3, 0.4) is 0 Å². The van der Waals surface area contributed by atoms with Crippen molar-refractivity contribution in [1.29, 1.82) is 0 Å². The Bertz CT molecular complexity index is 1730. The van der Waals surface area contributed by atoms with Gasteiger partial charge in [-0.05, 0) is 35.9 Å². The number of H-pyrrole nitrogens is 2. The number of halogens is 3. The summed E-state index contributed by atoms with van der Waals surface area (Å²) in [6, 6.07) is 15.7. The van der Waals surface area contributed by atoms with E-state index in [1.807, 2.05) is 34.9 Å². The molecule has 0 spiro atoms. The van der Waals surface area contributed by atoms with Gasteiger partial charge in [0, 0.05) is 23.4 Å². The number of nitrogens with one attached hydrogen (secondary N) is 2. The minimum Gasteiger partial charge on any atom is -0.326 e. The molecular weight excluding hydrogens is 518 g/mol. The number of hydrogen-bond donors (Lipinski definition) is 2. The Kier molecular flexibility index (Phi) is 5.81. The summed E-state index contributed by atoms with van der Waals surface area (Å²) >= 11 is 12.5. The zero-order valence-corrected chi connectivity index (χ0v) is 20.9. The number of amides is 1. The molecule has 37 heavy (non-hydrogen) atoms. The molecule has 6 rings (SSSR count). The minimum absolute atomic E-state index is 0.0222. The van der Waals surface area contributed by atoms with Gasteiger partial charge in [-0.1, -0.05) is 47.5 Å². The lowest BCUT2D eigenvalue weighted by molar-refractivity contribution is -0.700. The number of carbonyl (C=O) groups is 1. The number of aromatic nitrogens is 5. The van der Waals surface area contributed by atoms with Gasteiger partial charge in [-0.3, -0.25) is 14.0 Å². The van der Waals surface area contributed by atoms with Crippen LogP contribution in [0.5, 0.6) is 0 Å². The van der Waals surface area contributed by atoms with Crippen molar-refractivity contribution in [3.8, 4) is 11.4 Å². The minimum atomic E-state index is -0.601. The van der Waals surface area contributed by atoms with E-state index in [1.165, 1.54) is 18.3 Å². The molecule has 0 aliphatic carbocycles. The topological polar surface area (TPSA) is 90.1 Å². The van der Waals surface area contributed by atoms with Crippen molar-refractivity contribution >= 4 is 34.6 Å². The van der Waals surface area contributed by atoms with Crippen molar-refractivity contribution in [3.63, 3.8) is 0 Å². The van der Waals surface area contributed by atoms with E-state index >= 15 is 0 Å². The second kappa shape index (κ2) is 9.17. The summed E-state index contributed by atoms with van der Waals surface area (Å²) in [6.45, 7) is 1.23. The summed E-state index contributed by atoms with van der Waals surface area (Å²) in [7, 11) is 0. The lowest BCUT2D eigenvalue weighted by Crippen LogP contribution is -2.52. The molecule has 4 heterocycles. The normalized spacial score (nSPS) is 13.2. The SMILES string of the molecule is O=C(c1cc(Cc2c[nH]c(=O)c3cc(Cl)c(Cl)n23)ccc1F)N1CC[n+]2c(-c3ccccc3)n[nH]c2C1. The summed E-state index contributed by atoms with van der Waals surface area (Å²) < 4.78 is 18.4. The number of rotatable bonds is 4. The second-order valence-corrected chi connectivity index (χ2v) is 9.61. The standard InChI is InChI=1S/C26H19Cl2FN6O2/c27-19-12-21-25(36)30-13-17(35(21)23(19)28)10-15-6-7-20(29)18(11-15)26(37)33-8-9-34-22(14-33)31-32-24(34)16-4-2-1-3-5-16/h1-7,11-13H,8-10,14H2,(H,30,36)/p+1. The number of carbonyl (C=O) groups excluding carboxylic acids is 1. The number of hydrogen-bond acceptors (Lipinski definition) is 3. The summed E-state index contributed by atoms with van der Waals surface area (Å²) in [5.41, 5.74) is 2.25. The van der Waals surface area contributed by atoms with Gasteiger partial charge in [-0.15, -0.1) is 5.10 Å². The first-order valence-corrected chi connectivity index (χ1v) is 12.3. The van der Waals surface area contributed by atoms with Crippen LogP contribution in [0.4, 0.5) is 4.39 Å². The fourth-order valence-corrected chi connectivity index (χ4v) is 5.18. The van der Waals surface area contributed by atoms with E-state index in [4.69, 9.17) is 23.2 Å². The van der Waals surface area contributed by atoms with Crippen LogP contribution in [0.2, 0.25) is 10.2 Å². The van der Waals surface area contributed by atoms with E-state index in [0.717, 1.165) is 17.2 Å². The molecule has 1 aliphatic heterocycles.